The number of likely N-dealkylation sites (tertiary alicyclic amines) is 1. The molecule has 3 heteroatoms. The van der Waals surface area contributed by atoms with E-state index in [1.54, 1.807) is 0 Å². The minimum Gasteiger partial charge on any atom is -0.396 e. The Balaban J connectivity index is 2.35. The van der Waals surface area contributed by atoms with Crippen LogP contribution in [0.5, 0.6) is 0 Å². The Kier molecular flexibility index (Phi) is 4.85. The topological polar surface area (TPSA) is 49.5 Å². The van der Waals surface area contributed by atoms with Crippen LogP contribution in [0.2, 0.25) is 0 Å². The molecule has 0 aromatic heterocycles. The molecule has 14 heavy (non-hydrogen) atoms. The fraction of sp³-hybridized carbons (Fsp3) is 1.00. The fourth-order valence-electron chi connectivity index (χ4n) is 2.24. The van der Waals surface area contributed by atoms with E-state index in [0.29, 0.717) is 6.04 Å². The van der Waals surface area contributed by atoms with E-state index >= 15 is 0 Å². The minimum atomic E-state index is 0.132. The number of piperidine rings is 1. The Hall–Kier alpha value is -0.120. The van der Waals surface area contributed by atoms with Gasteiger partial charge in [-0.05, 0) is 38.6 Å². The van der Waals surface area contributed by atoms with Gasteiger partial charge in [-0.3, -0.25) is 4.90 Å². The van der Waals surface area contributed by atoms with Crippen molar-refractivity contribution < 1.29 is 5.11 Å². The zero-order valence-corrected chi connectivity index (χ0v) is 9.45. The van der Waals surface area contributed by atoms with E-state index in [1.807, 2.05) is 0 Å². The summed E-state index contributed by atoms with van der Waals surface area (Å²) in [6.45, 7) is 6.92. The van der Waals surface area contributed by atoms with Crippen LogP contribution in [-0.2, 0) is 0 Å². The molecule has 1 fully saturated rings. The number of aliphatic hydroxyl groups excluding tert-OH is 1. The van der Waals surface area contributed by atoms with Gasteiger partial charge in [0.25, 0.3) is 0 Å². The molecule has 0 radical (unpaired) electrons. The van der Waals surface area contributed by atoms with Crippen LogP contribution in [0.15, 0.2) is 0 Å². The normalized spacial score (nSPS) is 31.7. The Morgan fingerprint density at radius 3 is 2.86 bits per heavy atom. The molecular formula is C11H24N2O. The summed E-state index contributed by atoms with van der Waals surface area (Å²) in [4.78, 5) is 2.47. The summed E-state index contributed by atoms with van der Waals surface area (Å²) in [7, 11) is 0. The number of hydrogen-bond donors (Lipinski definition) is 2. The molecule has 0 amide bonds. The lowest BCUT2D eigenvalue weighted by atomic mass is 9.91. The largest absolute Gasteiger partial charge is 0.396 e. The SMILES string of the molecule is CC1CCCN(CC(N)CCO)C1C. The van der Waals surface area contributed by atoms with Crippen molar-refractivity contribution in [2.45, 2.75) is 45.2 Å². The molecular weight excluding hydrogens is 176 g/mol. The molecule has 3 nitrogen and oxygen atoms in total. The molecule has 0 aliphatic carbocycles. The van der Waals surface area contributed by atoms with Crippen molar-refractivity contribution >= 4 is 0 Å². The van der Waals surface area contributed by atoms with Gasteiger partial charge in [0.15, 0.2) is 0 Å². The maximum atomic E-state index is 8.79. The number of hydrogen-bond acceptors (Lipinski definition) is 3. The van der Waals surface area contributed by atoms with E-state index < -0.39 is 0 Å². The van der Waals surface area contributed by atoms with Crippen LogP contribution in [0.25, 0.3) is 0 Å². The highest BCUT2D eigenvalue weighted by Crippen LogP contribution is 2.22. The average Bonchev–Trinajstić information content (AvgIpc) is 2.13. The summed E-state index contributed by atoms with van der Waals surface area (Å²) in [5.74, 6) is 0.782. The highest BCUT2D eigenvalue weighted by Gasteiger charge is 2.25. The maximum Gasteiger partial charge on any atom is 0.0446 e. The molecule has 3 unspecified atom stereocenters. The lowest BCUT2D eigenvalue weighted by Crippen LogP contribution is -2.48. The van der Waals surface area contributed by atoms with Gasteiger partial charge in [0, 0.05) is 25.2 Å². The Morgan fingerprint density at radius 2 is 2.21 bits per heavy atom. The van der Waals surface area contributed by atoms with Crippen molar-refractivity contribution in [3.05, 3.63) is 0 Å². The third kappa shape index (κ3) is 3.23. The molecule has 3 atom stereocenters. The zero-order chi connectivity index (χ0) is 10.6. The van der Waals surface area contributed by atoms with E-state index in [4.69, 9.17) is 10.8 Å². The fourth-order valence-corrected chi connectivity index (χ4v) is 2.24. The Morgan fingerprint density at radius 1 is 1.50 bits per heavy atom. The number of nitrogens with zero attached hydrogens (tertiary/aromatic N) is 1. The smallest absolute Gasteiger partial charge is 0.0446 e. The molecule has 0 aromatic rings. The molecule has 84 valence electrons. The summed E-state index contributed by atoms with van der Waals surface area (Å²) >= 11 is 0. The van der Waals surface area contributed by atoms with Gasteiger partial charge in [-0.15, -0.1) is 0 Å². The van der Waals surface area contributed by atoms with Gasteiger partial charge in [0.1, 0.15) is 0 Å². The summed E-state index contributed by atoms with van der Waals surface area (Å²) < 4.78 is 0. The van der Waals surface area contributed by atoms with Gasteiger partial charge < -0.3 is 10.8 Å². The predicted octanol–water partition coefficient (Wildman–Crippen LogP) is 0.817. The van der Waals surface area contributed by atoms with Crippen LogP contribution in [0.1, 0.15) is 33.1 Å². The minimum absolute atomic E-state index is 0.132. The lowest BCUT2D eigenvalue weighted by molar-refractivity contribution is 0.103. The third-order valence-electron chi connectivity index (χ3n) is 3.47. The van der Waals surface area contributed by atoms with Gasteiger partial charge in [-0.25, -0.2) is 0 Å². The summed E-state index contributed by atoms with van der Waals surface area (Å²) in [6, 6.07) is 0.779. The van der Waals surface area contributed by atoms with Crippen molar-refractivity contribution in [2.24, 2.45) is 11.7 Å². The highest BCUT2D eigenvalue weighted by atomic mass is 16.3. The number of aliphatic hydroxyl groups is 1. The Labute approximate surface area is 87.3 Å². The van der Waals surface area contributed by atoms with Gasteiger partial charge >= 0.3 is 0 Å². The van der Waals surface area contributed by atoms with Crippen LogP contribution in [0.4, 0.5) is 0 Å². The first-order valence-electron chi connectivity index (χ1n) is 5.75. The van der Waals surface area contributed by atoms with Gasteiger partial charge in [0.05, 0.1) is 0 Å². The van der Waals surface area contributed by atoms with Gasteiger partial charge in [-0.1, -0.05) is 6.92 Å². The van der Waals surface area contributed by atoms with E-state index in [1.165, 1.54) is 19.4 Å². The molecule has 0 spiro atoms. The van der Waals surface area contributed by atoms with Crippen molar-refractivity contribution in [2.75, 3.05) is 19.7 Å². The first-order valence-corrected chi connectivity index (χ1v) is 5.75. The quantitative estimate of drug-likeness (QED) is 0.706. The van der Waals surface area contributed by atoms with Crippen molar-refractivity contribution in [3.8, 4) is 0 Å². The van der Waals surface area contributed by atoms with Crippen LogP contribution >= 0.6 is 0 Å². The summed E-state index contributed by atoms with van der Waals surface area (Å²) in [5.41, 5.74) is 5.92. The first-order chi connectivity index (χ1) is 6.65. The van der Waals surface area contributed by atoms with E-state index in [-0.39, 0.29) is 12.6 Å². The van der Waals surface area contributed by atoms with Crippen LogP contribution in [-0.4, -0.2) is 41.8 Å². The van der Waals surface area contributed by atoms with Crippen LogP contribution in [0, 0.1) is 5.92 Å². The first kappa shape index (κ1) is 12.0. The second-order valence-corrected chi connectivity index (χ2v) is 4.63. The second-order valence-electron chi connectivity index (χ2n) is 4.63. The molecule has 1 aliphatic rings. The molecule has 0 bridgehead atoms. The van der Waals surface area contributed by atoms with Crippen molar-refractivity contribution in [1.29, 1.82) is 0 Å². The monoisotopic (exact) mass is 200 g/mol. The van der Waals surface area contributed by atoms with E-state index in [2.05, 4.69) is 18.7 Å². The highest BCUT2D eigenvalue weighted by molar-refractivity contribution is 4.81. The molecule has 1 rings (SSSR count). The van der Waals surface area contributed by atoms with Gasteiger partial charge in [-0.2, -0.15) is 0 Å². The van der Waals surface area contributed by atoms with E-state index in [9.17, 15) is 0 Å². The average molecular weight is 200 g/mol. The van der Waals surface area contributed by atoms with Gasteiger partial charge in [0.2, 0.25) is 0 Å². The van der Waals surface area contributed by atoms with Crippen LogP contribution in [0.3, 0.4) is 0 Å². The zero-order valence-electron chi connectivity index (χ0n) is 9.45. The number of nitrogens with two attached hydrogens (primary N) is 1. The molecule has 1 saturated heterocycles. The molecule has 3 N–H and O–H groups in total. The maximum absolute atomic E-state index is 8.79. The lowest BCUT2D eigenvalue weighted by Gasteiger charge is -2.39. The van der Waals surface area contributed by atoms with Crippen molar-refractivity contribution in [3.63, 3.8) is 0 Å². The molecule has 0 saturated carbocycles. The van der Waals surface area contributed by atoms with Crippen molar-refractivity contribution in [1.82, 2.24) is 4.90 Å². The van der Waals surface area contributed by atoms with Crippen LogP contribution < -0.4 is 5.73 Å². The Bertz CT molecular complexity index is 163. The second kappa shape index (κ2) is 5.69. The number of rotatable bonds is 4. The molecule has 0 aromatic carbocycles. The molecule has 1 heterocycles. The summed E-state index contributed by atoms with van der Waals surface area (Å²) in [6.07, 6.45) is 3.35. The summed E-state index contributed by atoms with van der Waals surface area (Å²) in [5, 5.41) is 8.79. The standard InChI is InChI=1S/C11H24N2O/c1-9-4-3-6-13(10(9)2)8-11(12)5-7-14/h9-11,14H,3-8,12H2,1-2H3. The predicted molar refractivity (Wildman–Crippen MR) is 59.1 cm³/mol. The third-order valence-corrected chi connectivity index (χ3v) is 3.47. The van der Waals surface area contributed by atoms with E-state index in [0.717, 1.165) is 18.9 Å². The molecule has 1 aliphatic heterocycles.